The predicted octanol–water partition coefficient (Wildman–Crippen LogP) is 1.81. The summed E-state index contributed by atoms with van der Waals surface area (Å²) in [6, 6.07) is 1.67. The monoisotopic (exact) mass is 328 g/mol. The summed E-state index contributed by atoms with van der Waals surface area (Å²) in [5, 5.41) is 0. The van der Waals surface area contributed by atoms with E-state index in [1.165, 1.54) is 25.6 Å². The Labute approximate surface area is 141 Å². The summed E-state index contributed by atoms with van der Waals surface area (Å²) in [7, 11) is 2.01. The number of aromatic nitrogens is 4. The van der Waals surface area contributed by atoms with E-state index < -0.39 is 5.91 Å². The van der Waals surface area contributed by atoms with Crippen molar-refractivity contribution in [3.63, 3.8) is 0 Å². The van der Waals surface area contributed by atoms with Gasteiger partial charge >= 0.3 is 0 Å². The zero-order valence-corrected chi connectivity index (χ0v) is 14.3. The lowest BCUT2D eigenvalue weighted by molar-refractivity contribution is 0.0995. The summed E-state index contributed by atoms with van der Waals surface area (Å²) in [6.07, 6.45) is 8.39. The first-order valence-electron chi connectivity index (χ1n) is 8.38. The van der Waals surface area contributed by atoms with Gasteiger partial charge in [-0.1, -0.05) is 19.3 Å². The van der Waals surface area contributed by atoms with Crippen molar-refractivity contribution in [2.24, 2.45) is 18.7 Å². The van der Waals surface area contributed by atoms with E-state index in [2.05, 4.69) is 24.4 Å². The molecule has 1 saturated carbocycles. The van der Waals surface area contributed by atoms with Crippen molar-refractivity contribution >= 4 is 11.7 Å². The molecule has 0 saturated heterocycles. The fraction of sp³-hybridized carbons (Fsp3) is 0.529. The quantitative estimate of drug-likeness (QED) is 0.837. The highest BCUT2D eigenvalue weighted by molar-refractivity contribution is 5.91. The summed E-state index contributed by atoms with van der Waals surface area (Å²) in [5.41, 5.74) is 6.71. The van der Waals surface area contributed by atoms with Gasteiger partial charge in [0.05, 0.1) is 18.4 Å². The van der Waals surface area contributed by atoms with Crippen molar-refractivity contribution in [3.8, 4) is 0 Å². The third kappa shape index (κ3) is 3.55. The Kier molecular flexibility index (Phi) is 4.78. The van der Waals surface area contributed by atoms with E-state index in [1.807, 2.05) is 20.2 Å². The largest absolute Gasteiger partial charge is 0.364 e. The van der Waals surface area contributed by atoms with Gasteiger partial charge in [0, 0.05) is 19.7 Å². The molecule has 2 aromatic heterocycles. The minimum absolute atomic E-state index is 0.245. The summed E-state index contributed by atoms with van der Waals surface area (Å²) >= 11 is 0. The third-order valence-electron chi connectivity index (χ3n) is 4.93. The second-order valence-corrected chi connectivity index (χ2v) is 6.49. The van der Waals surface area contributed by atoms with Gasteiger partial charge in [-0.2, -0.15) is 0 Å². The zero-order chi connectivity index (χ0) is 17.1. The van der Waals surface area contributed by atoms with Crippen molar-refractivity contribution in [3.05, 3.63) is 35.8 Å². The number of imidazole rings is 1. The first-order valence-corrected chi connectivity index (χ1v) is 8.38. The average molecular weight is 328 g/mol. The van der Waals surface area contributed by atoms with Gasteiger partial charge in [-0.15, -0.1) is 0 Å². The van der Waals surface area contributed by atoms with Gasteiger partial charge in [-0.3, -0.25) is 4.79 Å². The first kappa shape index (κ1) is 16.4. The highest BCUT2D eigenvalue weighted by atomic mass is 16.1. The summed E-state index contributed by atoms with van der Waals surface area (Å²) in [4.78, 5) is 26.3. The highest BCUT2D eigenvalue weighted by Crippen LogP contribution is 2.30. The molecule has 0 radical (unpaired) electrons. The molecule has 2 aromatic rings. The summed E-state index contributed by atoms with van der Waals surface area (Å²) < 4.78 is 2.08. The SMILES string of the molecule is Cc1ncc(CN(CCC2CCC2)c2cc(C(N)=O)ncn2)n1C. The van der Waals surface area contributed by atoms with E-state index in [9.17, 15) is 4.79 Å². The molecule has 0 atom stereocenters. The van der Waals surface area contributed by atoms with Crippen LogP contribution in [-0.2, 0) is 13.6 Å². The molecule has 1 amide bonds. The average Bonchev–Trinajstić information content (AvgIpc) is 2.84. The predicted molar refractivity (Wildman–Crippen MR) is 91.5 cm³/mol. The van der Waals surface area contributed by atoms with Crippen LogP contribution < -0.4 is 10.6 Å². The second-order valence-electron chi connectivity index (χ2n) is 6.49. The number of carbonyl (C=O) groups excluding carboxylic acids is 1. The fourth-order valence-electron chi connectivity index (χ4n) is 2.94. The molecule has 7 nitrogen and oxygen atoms in total. The van der Waals surface area contributed by atoms with Crippen LogP contribution >= 0.6 is 0 Å². The minimum Gasteiger partial charge on any atom is -0.364 e. The Morgan fingerprint density at radius 2 is 2.17 bits per heavy atom. The molecular weight excluding hydrogens is 304 g/mol. The third-order valence-corrected chi connectivity index (χ3v) is 4.93. The molecule has 128 valence electrons. The smallest absolute Gasteiger partial charge is 0.267 e. The van der Waals surface area contributed by atoms with Crippen molar-refractivity contribution in [1.82, 2.24) is 19.5 Å². The van der Waals surface area contributed by atoms with Crippen molar-refractivity contribution in [2.45, 2.75) is 39.2 Å². The van der Waals surface area contributed by atoms with Crippen LogP contribution in [0, 0.1) is 12.8 Å². The number of amides is 1. The number of aryl methyl sites for hydroxylation is 1. The van der Waals surface area contributed by atoms with Crippen LogP contribution in [0.5, 0.6) is 0 Å². The second kappa shape index (κ2) is 6.98. The van der Waals surface area contributed by atoms with Crippen molar-refractivity contribution < 1.29 is 4.79 Å². The van der Waals surface area contributed by atoms with Gasteiger partial charge < -0.3 is 15.2 Å². The van der Waals surface area contributed by atoms with Gasteiger partial charge in [0.15, 0.2) is 0 Å². The number of primary amides is 1. The van der Waals surface area contributed by atoms with Gasteiger partial charge in [-0.05, 0) is 19.3 Å². The maximum Gasteiger partial charge on any atom is 0.267 e. The normalized spacial score (nSPS) is 14.4. The number of nitrogens with zero attached hydrogens (tertiary/aromatic N) is 5. The molecule has 2 heterocycles. The van der Waals surface area contributed by atoms with Gasteiger partial charge in [0.2, 0.25) is 0 Å². The van der Waals surface area contributed by atoms with E-state index in [0.29, 0.717) is 6.54 Å². The van der Waals surface area contributed by atoms with Crippen molar-refractivity contribution in [2.75, 3.05) is 11.4 Å². The van der Waals surface area contributed by atoms with Crippen LogP contribution in [0.25, 0.3) is 0 Å². The van der Waals surface area contributed by atoms with Crippen LogP contribution in [0.3, 0.4) is 0 Å². The number of hydrogen-bond acceptors (Lipinski definition) is 5. The number of carbonyl (C=O) groups is 1. The lowest BCUT2D eigenvalue weighted by Crippen LogP contribution is -2.29. The van der Waals surface area contributed by atoms with Crippen LogP contribution in [0.2, 0.25) is 0 Å². The van der Waals surface area contributed by atoms with Crippen LogP contribution in [0.15, 0.2) is 18.6 Å². The zero-order valence-electron chi connectivity index (χ0n) is 14.3. The molecule has 1 fully saturated rings. The lowest BCUT2D eigenvalue weighted by atomic mass is 9.83. The molecule has 0 unspecified atom stereocenters. The number of hydrogen-bond donors (Lipinski definition) is 1. The molecule has 0 aromatic carbocycles. The first-order chi connectivity index (χ1) is 11.5. The Morgan fingerprint density at radius 3 is 2.75 bits per heavy atom. The van der Waals surface area contributed by atoms with Crippen LogP contribution in [0.4, 0.5) is 5.82 Å². The molecule has 0 aliphatic heterocycles. The Balaban J connectivity index is 1.81. The van der Waals surface area contributed by atoms with Gasteiger partial charge in [0.25, 0.3) is 5.91 Å². The van der Waals surface area contributed by atoms with E-state index in [-0.39, 0.29) is 5.69 Å². The maximum atomic E-state index is 11.4. The number of anilines is 1. The maximum absolute atomic E-state index is 11.4. The summed E-state index contributed by atoms with van der Waals surface area (Å²) in [6.45, 7) is 3.57. The number of rotatable bonds is 7. The van der Waals surface area contributed by atoms with Crippen LogP contribution in [-0.4, -0.2) is 32.0 Å². The molecule has 1 aliphatic rings. The Hall–Kier alpha value is -2.44. The standard InChI is InChI=1S/C17H24N6O/c1-12-19-9-14(22(12)2)10-23(7-6-13-4-3-5-13)16-8-15(17(18)24)20-11-21-16/h8-9,11,13H,3-7,10H2,1-2H3,(H2,18,24). The van der Waals surface area contributed by atoms with Crippen molar-refractivity contribution in [1.29, 1.82) is 0 Å². The van der Waals surface area contributed by atoms with Gasteiger partial charge in [0.1, 0.15) is 23.7 Å². The van der Waals surface area contributed by atoms with E-state index >= 15 is 0 Å². The topological polar surface area (TPSA) is 89.9 Å². The lowest BCUT2D eigenvalue weighted by Gasteiger charge is -2.30. The van der Waals surface area contributed by atoms with Crippen LogP contribution in [0.1, 0.15) is 47.7 Å². The molecule has 24 heavy (non-hydrogen) atoms. The van der Waals surface area contributed by atoms with E-state index in [1.54, 1.807) is 6.07 Å². The fourth-order valence-corrected chi connectivity index (χ4v) is 2.94. The molecule has 0 bridgehead atoms. The highest BCUT2D eigenvalue weighted by Gasteiger charge is 2.20. The van der Waals surface area contributed by atoms with Gasteiger partial charge in [-0.25, -0.2) is 15.0 Å². The molecule has 2 N–H and O–H groups in total. The Bertz CT molecular complexity index is 722. The molecule has 1 aliphatic carbocycles. The molecule has 3 rings (SSSR count). The minimum atomic E-state index is -0.533. The molecule has 7 heteroatoms. The van der Waals surface area contributed by atoms with E-state index in [0.717, 1.165) is 36.2 Å². The molecular formula is C17H24N6O. The van der Waals surface area contributed by atoms with E-state index in [4.69, 9.17) is 5.73 Å². The Morgan fingerprint density at radius 1 is 1.38 bits per heavy atom. The summed E-state index contributed by atoms with van der Waals surface area (Å²) in [5.74, 6) is 1.98. The molecule has 0 spiro atoms. The number of nitrogens with two attached hydrogens (primary N) is 1.